The molecule has 4 rings (SSSR count). The minimum Gasteiger partial charge on any atom is -0.338 e. The Morgan fingerprint density at radius 1 is 1.15 bits per heavy atom. The van der Waals surface area contributed by atoms with Gasteiger partial charge in [0.25, 0.3) is 11.5 Å². The molecule has 3 aromatic rings. The number of hydrogen-bond donors (Lipinski definition) is 0. The zero-order valence-electron chi connectivity index (χ0n) is 14.4. The second-order valence-electron chi connectivity index (χ2n) is 6.76. The third-order valence-corrected chi connectivity index (χ3v) is 4.91. The maximum Gasteiger partial charge on any atom is 0.261 e. The fourth-order valence-corrected chi connectivity index (χ4v) is 3.49. The van der Waals surface area contributed by atoms with Gasteiger partial charge in [-0.2, -0.15) is 0 Å². The molecule has 1 amide bonds. The highest BCUT2D eigenvalue weighted by molar-refractivity contribution is 5.94. The van der Waals surface area contributed by atoms with Crippen molar-refractivity contribution in [2.24, 2.45) is 5.92 Å². The summed E-state index contributed by atoms with van der Waals surface area (Å²) in [5.74, 6) is -2.03. The fraction of sp³-hybridized carbons (Fsp3) is 0.250. The maximum atomic E-state index is 13.5. The van der Waals surface area contributed by atoms with E-state index in [2.05, 4.69) is 4.98 Å². The zero-order valence-corrected chi connectivity index (χ0v) is 14.4. The molecule has 2 heterocycles. The first-order chi connectivity index (χ1) is 13.0. The highest BCUT2D eigenvalue weighted by Gasteiger charge is 2.27. The summed E-state index contributed by atoms with van der Waals surface area (Å²) >= 11 is 0. The SMILES string of the molecule is O=C(c1ccccc1)N1CCC(Cn2cnc3cc(F)c(F)cc3c2=O)C1. The Bertz CT molecular complexity index is 1070. The van der Waals surface area contributed by atoms with Crippen molar-refractivity contribution in [3.05, 3.63) is 76.3 Å². The van der Waals surface area contributed by atoms with Gasteiger partial charge in [0.2, 0.25) is 0 Å². The molecular formula is C20H17F2N3O2. The first-order valence-electron chi connectivity index (χ1n) is 8.71. The second-order valence-corrected chi connectivity index (χ2v) is 6.76. The smallest absolute Gasteiger partial charge is 0.261 e. The highest BCUT2D eigenvalue weighted by atomic mass is 19.2. The number of aromatic nitrogens is 2. The van der Waals surface area contributed by atoms with Crippen LogP contribution in [0, 0.1) is 17.6 Å². The van der Waals surface area contributed by atoms with Crippen LogP contribution < -0.4 is 5.56 Å². The van der Waals surface area contributed by atoms with Gasteiger partial charge in [0.15, 0.2) is 11.6 Å². The van der Waals surface area contributed by atoms with Crippen LogP contribution in [0.15, 0.2) is 53.6 Å². The van der Waals surface area contributed by atoms with Gasteiger partial charge in [-0.1, -0.05) is 18.2 Å². The van der Waals surface area contributed by atoms with E-state index in [9.17, 15) is 18.4 Å². The number of rotatable bonds is 3. The number of fused-ring (bicyclic) bond motifs is 1. The molecule has 1 saturated heterocycles. The van der Waals surface area contributed by atoms with Crippen LogP contribution in [0.2, 0.25) is 0 Å². The van der Waals surface area contributed by atoms with E-state index in [0.717, 1.165) is 18.6 Å². The lowest BCUT2D eigenvalue weighted by Crippen LogP contribution is -2.30. The molecule has 2 aromatic carbocycles. The van der Waals surface area contributed by atoms with Gasteiger partial charge in [0.05, 0.1) is 17.2 Å². The molecule has 0 saturated carbocycles. The third kappa shape index (κ3) is 3.32. The van der Waals surface area contributed by atoms with Gasteiger partial charge in [-0.05, 0) is 30.5 Å². The predicted molar refractivity (Wildman–Crippen MR) is 96.4 cm³/mol. The number of benzene rings is 2. The molecular weight excluding hydrogens is 352 g/mol. The van der Waals surface area contributed by atoms with Crippen LogP contribution in [0.5, 0.6) is 0 Å². The average Bonchev–Trinajstić information content (AvgIpc) is 3.14. The molecule has 138 valence electrons. The molecule has 0 aliphatic carbocycles. The Morgan fingerprint density at radius 2 is 1.89 bits per heavy atom. The van der Waals surface area contributed by atoms with E-state index in [4.69, 9.17) is 0 Å². The Labute approximate surface area is 153 Å². The highest BCUT2D eigenvalue weighted by Crippen LogP contribution is 2.20. The number of likely N-dealkylation sites (tertiary alicyclic amines) is 1. The number of amides is 1. The Hall–Kier alpha value is -3.09. The summed E-state index contributed by atoms with van der Waals surface area (Å²) in [7, 11) is 0. The molecule has 5 nitrogen and oxygen atoms in total. The van der Waals surface area contributed by atoms with Gasteiger partial charge in [-0.25, -0.2) is 13.8 Å². The van der Waals surface area contributed by atoms with Gasteiger partial charge in [0.1, 0.15) is 0 Å². The topological polar surface area (TPSA) is 55.2 Å². The Morgan fingerprint density at radius 3 is 2.67 bits per heavy atom. The summed E-state index contributed by atoms with van der Waals surface area (Å²) in [5.41, 5.74) is 0.356. The van der Waals surface area contributed by atoms with E-state index >= 15 is 0 Å². The summed E-state index contributed by atoms with van der Waals surface area (Å²) in [5, 5.41) is 0.0478. The van der Waals surface area contributed by atoms with Gasteiger partial charge in [-0.3, -0.25) is 14.2 Å². The van der Waals surface area contributed by atoms with E-state index in [-0.39, 0.29) is 22.7 Å². The standard InChI is InChI=1S/C20H17F2N3O2/c21-16-8-15-18(9-17(16)22)23-12-25(20(15)27)11-13-6-7-24(10-13)19(26)14-4-2-1-3-5-14/h1-5,8-9,12-13H,6-7,10-11H2. The summed E-state index contributed by atoms with van der Waals surface area (Å²) < 4.78 is 28.2. The molecule has 1 fully saturated rings. The van der Waals surface area contributed by atoms with Crippen LogP contribution in [0.1, 0.15) is 16.8 Å². The fourth-order valence-electron chi connectivity index (χ4n) is 3.49. The van der Waals surface area contributed by atoms with Crippen molar-refractivity contribution in [2.75, 3.05) is 13.1 Å². The molecule has 27 heavy (non-hydrogen) atoms. The van der Waals surface area contributed by atoms with Crippen LogP contribution in [0.25, 0.3) is 10.9 Å². The van der Waals surface area contributed by atoms with Gasteiger partial charge in [0, 0.05) is 31.3 Å². The molecule has 1 unspecified atom stereocenters. The number of halogens is 2. The molecule has 0 N–H and O–H groups in total. The summed E-state index contributed by atoms with van der Waals surface area (Å²) in [6.07, 6.45) is 2.12. The summed E-state index contributed by atoms with van der Waals surface area (Å²) in [6, 6.07) is 10.9. The van der Waals surface area contributed by atoms with E-state index < -0.39 is 17.2 Å². The summed E-state index contributed by atoms with van der Waals surface area (Å²) in [4.78, 5) is 30.9. The van der Waals surface area contributed by atoms with E-state index in [1.165, 1.54) is 10.9 Å². The van der Waals surface area contributed by atoms with Crippen molar-refractivity contribution in [2.45, 2.75) is 13.0 Å². The second kappa shape index (κ2) is 6.90. The monoisotopic (exact) mass is 369 g/mol. The molecule has 0 radical (unpaired) electrons. The molecule has 7 heteroatoms. The van der Waals surface area contributed by atoms with Crippen molar-refractivity contribution in [1.82, 2.24) is 14.5 Å². The van der Waals surface area contributed by atoms with Crippen LogP contribution >= 0.6 is 0 Å². The van der Waals surface area contributed by atoms with Crippen molar-refractivity contribution < 1.29 is 13.6 Å². The molecule has 1 aromatic heterocycles. The number of nitrogens with zero attached hydrogens (tertiary/aromatic N) is 3. The minimum atomic E-state index is -1.07. The van der Waals surface area contributed by atoms with Crippen molar-refractivity contribution in [3.8, 4) is 0 Å². The van der Waals surface area contributed by atoms with Crippen LogP contribution in [0.4, 0.5) is 8.78 Å². The first-order valence-corrected chi connectivity index (χ1v) is 8.71. The predicted octanol–water partition coefficient (Wildman–Crippen LogP) is 2.84. The Balaban J connectivity index is 1.52. The molecule has 0 spiro atoms. The van der Waals surface area contributed by atoms with Crippen molar-refractivity contribution >= 4 is 16.8 Å². The van der Waals surface area contributed by atoms with E-state index in [1.54, 1.807) is 17.0 Å². The van der Waals surface area contributed by atoms with Gasteiger partial charge < -0.3 is 4.90 Å². The van der Waals surface area contributed by atoms with Crippen LogP contribution in [-0.4, -0.2) is 33.4 Å². The number of hydrogen-bond acceptors (Lipinski definition) is 3. The molecule has 1 atom stereocenters. The average molecular weight is 369 g/mol. The third-order valence-electron chi connectivity index (χ3n) is 4.91. The molecule has 1 aliphatic heterocycles. The van der Waals surface area contributed by atoms with Crippen LogP contribution in [-0.2, 0) is 6.54 Å². The van der Waals surface area contributed by atoms with Crippen molar-refractivity contribution in [1.29, 1.82) is 0 Å². The number of carbonyl (C=O) groups excluding carboxylic acids is 1. The van der Waals surface area contributed by atoms with E-state index in [0.29, 0.717) is 25.2 Å². The molecule has 0 bridgehead atoms. The lowest BCUT2D eigenvalue weighted by atomic mass is 10.1. The lowest BCUT2D eigenvalue weighted by molar-refractivity contribution is 0.0786. The normalized spacial score (nSPS) is 16.8. The van der Waals surface area contributed by atoms with E-state index in [1.807, 2.05) is 18.2 Å². The zero-order chi connectivity index (χ0) is 19.0. The van der Waals surface area contributed by atoms with Gasteiger partial charge >= 0.3 is 0 Å². The van der Waals surface area contributed by atoms with Gasteiger partial charge in [-0.15, -0.1) is 0 Å². The molecule has 1 aliphatic rings. The summed E-state index contributed by atoms with van der Waals surface area (Å²) in [6.45, 7) is 1.53. The maximum absolute atomic E-state index is 13.5. The number of carbonyl (C=O) groups is 1. The quantitative estimate of drug-likeness (QED) is 0.713. The first kappa shape index (κ1) is 17.3. The minimum absolute atomic E-state index is 0.0281. The Kier molecular flexibility index (Phi) is 4.43. The van der Waals surface area contributed by atoms with Crippen molar-refractivity contribution in [3.63, 3.8) is 0 Å². The largest absolute Gasteiger partial charge is 0.338 e. The van der Waals surface area contributed by atoms with Crippen LogP contribution in [0.3, 0.4) is 0 Å². The lowest BCUT2D eigenvalue weighted by Gasteiger charge is -2.17.